The summed E-state index contributed by atoms with van der Waals surface area (Å²) in [6.45, 7) is 9.95. The Morgan fingerprint density at radius 3 is 2.39 bits per heavy atom. The monoisotopic (exact) mass is 250 g/mol. The fourth-order valence-electron chi connectivity index (χ4n) is 1.67. The molecular weight excluding hydrogens is 228 g/mol. The molecule has 0 bridgehead atoms. The molecule has 0 aliphatic carbocycles. The lowest BCUT2D eigenvalue weighted by Crippen LogP contribution is -2.23. The first-order chi connectivity index (χ1) is 8.56. The lowest BCUT2D eigenvalue weighted by Gasteiger charge is -2.18. The van der Waals surface area contributed by atoms with Gasteiger partial charge in [0.1, 0.15) is 0 Å². The Bertz CT molecular complexity index is 371. The number of rotatable bonds is 6. The van der Waals surface area contributed by atoms with Crippen molar-refractivity contribution in [3.63, 3.8) is 0 Å². The van der Waals surface area contributed by atoms with E-state index in [0.29, 0.717) is 18.2 Å². The minimum Gasteiger partial charge on any atom is -0.356 e. The van der Waals surface area contributed by atoms with Crippen LogP contribution in [0.1, 0.15) is 34.1 Å². The smallest absolute Gasteiger partial charge is 0.225 e. The van der Waals surface area contributed by atoms with Crippen molar-refractivity contribution in [1.29, 1.82) is 0 Å². The highest BCUT2D eigenvalue weighted by atomic mass is 16.1. The summed E-state index contributed by atoms with van der Waals surface area (Å²) in [6, 6.07) is 3.67. The fourth-order valence-corrected chi connectivity index (χ4v) is 1.67. The van der Waals surface area contributed by atoms with E-state index in [1.807, 2.05) is 19.9 Å². The average molecular weight is 250 g/mol. The Morgan fingerprint density at radius 1 is 1.28 bits per heavy atom. The summed E-state index contributed by atoms with van der Waals surface area (Å²) in [7, 11) is 0. The summed E-state index contributed by atoms with van der Waals surface area (Å²) >= 11 is 0. The molecule has 5 heteroatoms. The summed E-state index contributed by atoms with van der Waals surface area (Å²) in [5.74, 6) is 1.67. The van der Waals surface area contributed by atoms with Crippen molar-refractivity contribution in [3.05, 3.63) is 12.1 Å². The molecule has 0 radical (unpaired) electrons. The molecule has 0 saturated carbocycles. The van der Waals surface area contributed by atoms with E-state index in [9.17, 15) is 4.79 Å². The lowest BCUT2D eigenvalue weighted by atomic mass is 10.1. The number of aromatic nitrogens is 2. The van der Waals surface area contributed by atoms with Crippen molar-refractivity contribution in [1.82, 2.24) is 10.2 Å². The molecule has 5 nitrogen and oxygen atoms in total. The molecule has 1 aromatic heterocycles. The highest BCUT2D eigenvalue weighted by molar-refractivity contribution is 5.89. The standard InChI is InChI=1S/C13H22N4O/c1-5-17(6-2)12-8-7-11(15-16-12)14-13(18)9-10(3)4/h7-8,10H,5-6,9H2,1-4H3,(H,14,15,18). The molecule has 1 amide bonds. The maximum absolute atomic E-state index is 11.6. The van der Waals surface area contributed by atoms with Crippen LogP contribution in [0.25, 0.3) is 0 Å². The molecule has 1 aromatic rings. The molecule has 0 saturated heterocycles. The number of nitrogens with zero attached hydrogens (tertiary/aromatic N) is 3. The van der Waals surface area contributed by atoms with Crippen molar-refractivity contribution < 1.29 is 4.79 Å². The molecule has 0 atom stereocenters. The zero-order valence-corrected chi connectivity index (χ0v) is 11.6. The van der Waals surface area contributed by atoms with Crippen LogP contribution in [0.3, 0.4) is 0 Å². The van der Waals surface area contributed by atoms with Gasteiger partial charge in [0.25, 0.3) is 0 Å². The SMILES string of the molecule is CCN(CC)c1ccc(NC(=O)CC(C)C)nn1. The van der Waals surface area contributed by atoms with Gasteiger partial charge in [0.15, 0.2) is 11.6 Å². The number of anilines is 2. The first-order valence-electron chi connectivity index (χ1n) is 6.45. The number of hydrogen-bond acceptors (Lipinski definition) is 4. The zero-order valence-electron chi connectivity index (χ0n) is 11.6. The number of carbonyl (C=O) groups excluding carboxylic acids is 1. The van der Waals surface area contributed by atoms with E-state index in [1.54, 1.807) is 6.07 Å². The second-order valence-electron chi connectivity index (χ2n) is 4.60. The summed E-state index contributed by atoms with van der Waals surface area (Å²) in [5.41, 5.74) is 0. The predicted octanol–water partition coefficient (Wildman–Crippen LogP) is 2.31. The van der Waals surface area contributed by atoms with Crippen LogP contribution in [0.15, 0.2) is 12.1 Å². The lowest BCUT2D eigenvalue weighted by molar-refractivity contribution is -0.116. The van der Waals surface area contributed by atoms with Crippen molar-refractivity contribution in [2.45, 2.75) is 34.1 Å². The van der Waals surface area contributed by atoms with Crippen molar-refractivity contribution in [2.24, 2.45) is 5.92 Å². The minimum atomic E-state index is -0.0186. The fraction of sp³-hybridized carbons (Fsp3) is 0.615. The molecule has 0 aliphatic rings. The molecule has 1 N–H and O–H groups in total. The Kier molecular flexibility index (Phi) is 5.55. The summed E-state index contributed by atoms with van der Waals surface area (Å²) in [4.78, 5) is 13.7. The molecular formula is C13H22N4O. The maximum atomic E-state index is 11.6. The normalized spacial score (nSPS) is 10.5. The van der Waals surface area contributed by atoms with Crippen molar-refractivity contribution in [3.8, 4) is 0 Å². The predicted molar refractivity (Wildman–Crippen MR) is 73.7 cm³/mol. The first kappa shape index (κ1) is 14.4. The van der Waals surface area contributed by atoms with Gasteiger partial charge in [-0.3, -0.25) is 4.79 Å². The number of amides is 1. The van der Waals surface area contributed by atoms with Crippen LogP contribution in [0, 0.1) is 5.92 Å². The second kappa shape index (κ2) is 6.93. The molecule has 1 rings (SSSR count). The van der Waals surface area contributed by atoms with Crippen molar-refractivity contribution in [2.75, 3.05) is 23.3 Å². The Hall–Kier alpha value is -1.65. The molecule has 1 heterocycles. The third kappa shape index (κ3) is 4.31. The Labute approximate surface area is 109 Å². The van der Waals surface area contributed by atoms with E-state index < -0.39 is 0 Å². The van der Waals surface area contributed by atoms with Crippen LogP contribution >= 0.6 is 0 Å². The van der Waals surface area contributed by atoms with Gasteiger partial charge in [-0.05, 0) is 31.9 Å². The van der Waals surface area contributed by atoms with Gasteiger partial charge >= 0.3 is 0 Å². The zero-order chi connectivity index (χ0) is 13.5. The van der Waals surface area contributed by atoms with Crippen LogP contribution in [0.4, 0.5) is 11.6 Å². The van der Waals surface area contributed by atoms with Gasteiger partial charge in [-0.25, -0.2) is 0 Å². The largest absolute Gasteiger partial charge is 0.356 e. The van der Waals surface area contributed by atoms with Gasteiger partial charge in [0.05, 0.1) is 0 Å². The third-order valence-corrected chi connectivity index (χ3v) is 2.60. The van der Waals surface area contributed by atoms with Crippen LogP contribution in [-0.2, 0) is 4.79 Å². The highest BCUT2D eigenvalue weighted by Gasteiger charge is 2.08. The number of nitrogens with one attached hydrogen (secondary N) is 1. The van der Waals surface area contributed by atoms with Gasteiger partial charge < -0.3 is 10.2 Å². The van der Waals surface area contributed by atoms with Gasteiger partial charge in [0.2, 0.25) is 5.91 Å². The van der Waals surface area contributed by atoms with Crippen molar-refractivity contribution >= 4 is 17.5 Å². The summed E-state index contributed by atoms with van der Waals surface area (Å²) < 4.78 is 0. The number of carbonyl (C=O) groups is 1. The van der Waals surface area contributed by atoms with Crippen LogP contribution in [-0.4, -0.2) is 29.2 Å². The molecule has 0 aliphatic heterocycles. The van der Waals surface area contributed by atoms with Gasteiger partial charge in [0, 0.05) is 19.5 Å². The molecule has 0 unspecified atom stereocenters. The highest BCUT2D eigenvalue weighted by Crippen LogP contribution is 2.11. The summed E-state index contributed by atoms with van der Waals surface area (Å²) in [6.07, 6.45) is 0.499. The third-order valence-electron chi connectivity index (χ3n) is 2.60. The quantitative estimate of drug-likeness (QED) is 0.841. The second-order valence-corrected chi connectivity index (χ2v) is 4.60. The van der Waals surface area contributed by atoms with Gasteiger partial charge in [-0.1, -0.05) is 13.8 Å². The van der Waals surface area contributed by atoms with E-state index in [2.05, 4.69) is 34.3 Å². The van der Waals surface area contributed by atoms with Gasteiger partial charge in [-0.2, -0.15) is 0 Å². The topological polar surface area (TPSA) is 58.1 Å². The van der Waals surface area contributed by atoms with E-state index in [-0.39, 0.29) is 5.91 Å². The van der Waals surface area contributed by atoms with Gasteiger partial charge in [-0.15, -0.1) is 10.2 Å². The summed E-state index contributed by atoms with van der Waals surface area (Å²) in [5, 5.41) is 10.9. The molecule has 18 heavy (non-hydrogen) atoms. The van der Waals surface area contributed by atoms with Crippen LogP contribution in [0.2, 0.25) is 0 Å². The maximum Gasteiger partial charge on any atom is 0.225 e. The molecule has 0 fully saturated rings. The average Bonchev–Trinajstić information content (AvgIpc) is 2.31. The molecule has 0 spiro atoms. The number of hydrogen-bond donors (Lipinski definition) is 1. The Morgan fingerprint density at radius 2 is 1.94 bits per heavy atom. The van der Waals surface area contributed by atoms with E-state index >= 15 is 0 Å². The Balaban J connectivity index is 2.62. The van der Waals surface area contributed by atoms with Crippen LogP contribution < -0.4 is 10.2 Å². The van der Waals surface area contributed by atoms with Crippen LogP contribution in [0.5, 0.6) is 0 Å². The minimum absolute atomic E-state index is 0.0186. The molecule has 100 valence electrons. The van der Waals surface area contributed by atoms with E-state index in [0.717, 1.165) is 18.9 Å². The van der Waals surface area contributed by atoms with E-state index in [1.165, 1.54) is 0 Å². The first-order valence-corrected chi connectivity index (χ1v) is 6.45. The van der Waals surface area contributed by atoms with E-state index in [4.69, 9.17) is 0 Å². The molecule has 0 aromatic carbocycles.